The number of nitrogens with one attached hydrogen (secondary N) is 1. The van der Waals surface area contributed by atoms with Gasteiger partial charge < -0.3 is 14.4 Å². The normalized spacial score (nSPS) is 14.7. The Morgan fingerprint density at radius 3 is 2.86 bits per heavy atom. The Morgan fingerprint density at radius 1 is 1.18 bits per heavy atom. The molecule has 3 aromatic heterocycles. The molecule has 1 aliphatic heterocycles. The van der Waals surface area contributed by atoms with Gasteiger partial charge in [-0.25, -0.2) is 4.98 Å². The number of hydrogen-bond acceptors (Lipinski definition) is 5. The number of carbonyl (C=O) groups excluding carboxylic acids is 1. The molecule has 1 saturated heterocycles. The minimum absolute atomic E-state index is 0.0314. The number of rotatable bonds is 3. The molecule has 0 radical (unpaired) electrons. The van der Waals surface area contributed by atoms with E-state index in [4.69, 9.17) is 9.47 Å². The summed E-state index contributed by atoms with van der Waals surface area (Å²) in [4.78, 5) is 19.2. The summed E-state index contributed by atoms with van der Waals surface area (Å²) in [6, 6.07) is 7.83. The highest BCUT2D eigenvalue weighted by atomic mass is 16.5. The predicted molar refractivity (Wildman–Crippen MR) is 104 cm³/mol. The van der Waals surface area contributed by atoms with Gasteiger partial charge in [0.05, 0.1) is 32.7 Å². The predicted octanol–water partition coefficient (Wildman–Crippen LogP) is 2.36. The van der Waals surface area contributed by atoms with Crippen LogP contribution in [0.15, 0.2) is 42.9 Å². The average Bonchev–Trinajstić information content (AvgIpc) is 3.40. The number of nitrogens with zero attached hydrogens (tertiary/aromatic N) is 4. The Hall–Kier alpha value is -3.39. The minimum atomic E-state index is -0.0314. The number of fused-ring (bicyclic) bond motifs is 2. The van der Waals surface area contributed by atoms with Crippen LogP contribution in [0.3, 0.4) is 0 Å². The lowest BCUT2D eigenvalue weighted by Crippen LogP contribution is -2.41. The van der Waals surface area contributed by atoms with E-state index in [2.05, 4.69) is 15.2 Å². The molecule has 0 aliphatic carbocycles. The fourth-order valence-corrected chi connectivity index (χ4v) is 3.66. The van der Waals surface area contributed by atoms with Gasteiger partial charge in [-0.05, 0) is 35.4 Å². The van der Waals surface area contributed by atoms with Crippen molar-refractivity contribution in [3.05, 3.63) is 48.5 Å². The molecule has 0 unspecified atom stereocenters. The van der Waals surface area contributed by atoms with Crippen molar-refractivity contribution in [2.45, 2.75) is 0 Å². The second-order valence-electron chi connectivity index (χ2n) is 6.67. The zero-order valence-electron chi connectivity index (χ0n) is 15.4. The van der Waals surface area contributed by atoms with E-state index in [1.165, 1.54) is 0 Å². The molecule has 8 heteroatoms. The SMILES string of the molecule is COc1ccc(-c2ccc3ncc(C(=O)N4CCOCC4)n3c2)c2cn[nH]c12. The molecular formula is C20H19N5O3. The maximum Gasteiger partial charge on any atom is 0.272 e. The van der Waals surface area contributed by atoms with Gasteiger partial charge >= 0.3 is 0 Å². The van der Waals surface area contributed by atoms with E-state index < -0.39 is 0 Å². The third-order valence-electron chi connectivity index (χ3n) is 5.13. The van der Waals surface area contributed by atoms with Gasteiger partial charge in [-0.3, -0.25) is 14.3 Å². The van der Waals surface area contributed by atoms with Crippen LogP contribution in [0.5, 0.6) is 5.75 Å². The largest absolute Gasteiger partial charge is 0.494 e. The summed E-state index contributed by atoms with van der Waals surface area (Å²) in [5.74, 6) is 0.708. The zero-order chi connectivity index (χ0) is 19.1. The molecule has 0 bridgehead atoms. The van der Waals surface area contributed by atoms with Crippen molar-refractivity contribution in [2.24, 2.45) is 0 Å². The topological polar surface area (TPSA) is 84.8 Å². The zero-order valence-corrected chi connectivity index (χ0v) is 15.4. The molecule has 1 aromatic carbocycles. The summed E-state index contributed by atoms with van der Waals surface area (Å²) in [6.07, 6.45) is 5.37. The number of benzene rings is 1. The van der Waals surface area contributed by atoms with Crippen molar-refractivity contribution in [3.8, 4) is 16.9 Å². The number of imidazole rings is 1. The first-order valence-electron chi connectivity index (χ1n) is 9.11. The van der Waals surface area contributed by atoms with E-state index in [-0.39, 0.29) is 5.91 Å². The Kier molecular flexibility index (Phi) is 3.98. The first-order chi connectivity index (χ1) is 13.8. The van der Waals surface area contributed by atoms with Crippen molar-refractivity contribution in [1.82, 2.24) is 24.5 Å². The van der Waals surface area contributed by atoms with Gasteiger partial charge in [0.15, 0.2) is 0 Å². The second kappa shape index (κ2) is 6.65. The summed E-state index contributed by atoms with van der Waals surface area (Å²) in [7, 11) is 1.64. The number of aromatic amines is 1. The molecule has 1 N–H and O–H groups in total. The van der Waals surface area contributed by atoms with Crippen LogP contribution in [-0.2, 0) is 4.74 Å². The van der Waals surface area contributed by atoms with Crippen molar-refractivity contribution in [2.75, 3.05) is 33.4 Å². The second-order valence-corrected chi connectivity index (χ2v) is 6.67. The molecule has 28 heavy (non-hydrogen) atoms. The lowest BCUT2D eigenvalue weighted by Gasteiger charge is -2.26. The number of pyridine rings is 1. The Morgan fingerprint density at radius 2 is 2.04 bits per heavy atom. The van der Waals surface area contributed by atoms with E-state index in [0.29, 0.717) is 32.0 Å². The standard InChI is InChI=1S/C20H19N5O3/c1-27-17-4-3-14(15-10-22-23-19(15)17)13-2-5-18-21-11-16(25(18)12-13)20(26)24-6-8-28-9-7-24/h2-5,10-12H,6-9H2,1H3,(H,22,23). The fourth-order valence-electron chi connectivity index (χ4n) is 3.66. The first-order valence-corrected chi connectivity index (χ1v) is 9.11. The molecule has 4 aromatic rings. The molecule has 142 valence electrons. The van der Waals surface area contributed by atoms with Crippen LogP contribution in [0.2, 0.25) is 0 Å². The van der Waals surface area contributed by atoms with Gasteiger partial charge in [-0.2, -0.15) is 5.10 Å². The van der Waals surface area contributed by atoms with Crippen LogP contribution in [0.1, 0.15) is 10.5 Å². The molecular weight excluding hydrogens is 358 g/mol. The third-order valence-corrected chi connectivity index (χ3v) is 5.13. The van der Waals surface area contributed by atoms with Crippen molar-refractivity contribution in [3.63, 3.8) is 0 Å². The fraction of sp³-hybridized carbons (Fsp3) is 0.250. The summed E-state index contributed by atoms with van der Waals surface area (Å²) in [6.45, 7) is 2.33. The minimum Gasteiger partial charge on any atom is -0.494 e. The molecule has 1 aliphatic rings. The smallest absolute Gasteiger partial charge is 0.272 e. The van der Waals surface area contributed by atoms with Gasteiger partial charge in [-0.15, -0.1) is 0 Å². The Balaban J connectivity index is 1.61. The van der Waals surface area contributed by atoms with E-state index in [1.54, 1.807) is 24.4 Å². The number of carbonyl (C=O) groups is 1. The van der Waals surface area contributed by atoms with E-state index in [9.17, 15) is 4.79 Å². The summed E-state index contributed by atoms with van der Waals surface area (Å²) < 4.78 is 12.6. The lowest BCUT2D eigenvalue weighted by atomic mass is 10.0. The molecule has 1 fully saturated rings. The van der Waals surface area contributed by atoms with Crippen LogP contribution in [0, 0.1) is 0 Å². The first kappa shape index (κ1) is 16.8. The van der Waals surface area contributed by atoms with Crippen LogP contribution in [0.4, 0.5) is 0 Å². The third kappa shape index (κ3) is 2.61. The monoisotopic (exact) mass is 377 g/mol. The lowest BCUT2D eigenvalue weighted by molar-refractivity contribution is 0.0298. The van der Waals surface area contributed by atoms with Crippen molar-refractivity contribution < 1.29 is 14.3 Å². The number of aromatic nitrogens is 4. The molecule has 0 atom stereocenters. The van der Waals surface area contributed by atoms with Gasteiger partial charge in [0.25, 0.3) is 5.91 Å². The Bertz CT molecular complexity index is 1170. The number of morpholine rings is 1. The number of amides is 1. The highest BCUT2D eigenvalue weighted by Gasteiger charge is 2.22. The van der Waals surface area contributed by atoms with Crippen molar-refractivity contribution in [1.29, 1.82) is 0 Å². The van der Waals surface area contributed by atoms with Gasteiger partial charge in [-0.1, -0.05) is 0 Å². The van der Waals surface area contributed by atoms with Crippen molar-refractivity contribution >= 4 is 22.5 Å². The molecule has 0 spiro atoms. The number of hydrogen-bond donors (Lipinski definition) is 1. The van der Waals surface area contributed by atoms with Crippen LogP contribution in [-0.4, -0.2) is 63.8 Å². The molecule has 8 nitrogen and oxygen atoms in total. The van der Waals surface area contributed by atoms with E-state index >= 15 is 0 Å². The number of H-pyrrole nitrogens is 1. The molecule has 5 rings (SSSR count). The number of ether oxygens (including phenoxy) is 2. The van der Waals surface area contributed by atoms with E-state index in [1.807, 2.05) is 34.9 Å². The van der Waals surface area contributed by atoms with Gasteiger partial charge in [0.2, 0.25) is 0 Å². The average molecular weight is 377 g/mol. The highest BCUT2D eigenvalue weighted by Crippen LogP contribution is 2.33. The van der Waals surface area contributed by atoms with Gasteiger partial charge in [0, 0.05) is 24.7 Å². The Labute approximate surface area is 160 Å². The molecule has 0 saturated carbocycles. The van der Waals surface area contributed by atoms with Crippen LogP contribution < -0.4 is 4.74 Å². The van der Waals surface area contributed by atoms with Crippen LogP contribution in [0.25, 0.3) is 27.7 Å². The maximum absolute atomic E-state index is 13.0. The maximum atomic E-state index is 13.0. The highest BCUT2D eigenvalue weighted by molar-refractivity contribution is 5.98. The summed E-state index contributed by atoms with van der Waals surface area (Å²) in [5.41, 5.74) is 4.10. The summed E-state index contributed by atoms with van der Waals surface area (Å²) in [5, 5.41) is 8.10. The summed E-state index contributed by atoms with van der Waals surface area (Å²) >= 11 is 0. The van der Waals surface area contributed by atoms with E-state index in [0.717, 1.165) is 33.4 Å². The molecule has 4 heterocycles. The van der Waals surface area contributed by atoms with Gasteiger partial charge in [0.1, 0.15) is 22.6 Å². The molecule has 1 amide bonds. The number of methoxy groups -OCH3 is 1. The van der Waals surface area contributed by atoms with Crippen LogP contribution >= 0.6 is 0 Å². The quantitative estimate of drug-likeness (QED) is 0.592.